The molecule has 0 bridgehead atoms. The van der Waals surface area contributed by atoms with Crippen LogP contribution in [-0.4, -0.2) is 14.1 Å². The predicted octanol–water partition coefficient (Wildman–Crippen LogP) is 17.0. The minimum absolute atomic E-state index is 0.00122. The van der Waals surface area contributed by atoms with Crippen LogP contribution in [-0.2, 0) is 21.7 Å². The van der Waals surface area contributed by atoms with Gasteiger partial charge in [-0.05, 0) is 165 Å². The molecule has 0 fully saturated rings. The maximum absolute atomic E-state index is 10.4. The highest BCUT2D eigenvalue weighted by Gasteiger charge is 2.40. The van der Waals surface area contributed by atoms with Gasteiger partial charge in [-0.2, -0.15) is 0 Å². The molecule has 3 heterocycles. The van der Waals surface area contributed by atoms with Crippen molar-refractivity contribution in [1.82, 2.24) is 14.1 Å². The van der Waals surface area contributed by atoms with Gasteiger partial charge in [0.25, 0.3) is 6.33 Å². The van der Waals surface area contributed by atoms with Crippen molar-refractivity contribution < 1.29 is 68.2 Å². The lowest BCUT2D eigenvalue weighted by molar-refractivity contribution is -0.571. The maximum Gasteiger partial charge on any atom is 0.269 e. The first-order valence-electron chi connectivity index (χ1n) is 43.7. The van der Waals surface area contributed by atoms with E-state index in [9.17, 15) is 21.9 Å². The van der Waals surface area contributed by atoms with Crippen LogP contribution in [0.25, 0.3) is 72.3 Å². The molecule has 7 aromatic carbocycles. The molecule has 0 amide bonds. The molecule has 3 aromatic heterocycles. The Bertz CT molecular complexity index is 5430. The van der Waals surface area contributed by atoms with E-state index in [4.69, 9.17) is 41.7 Å². The fourth-order valence-electron chi connectivity index (χ4n) is 9.27. The summed E-state index contributed by atoms with van der Waals surface area (Å²) in [7, 11) is 0. The topological polar surface area (TPSA) is 35.9 Å². The van der Waals surface area contributed by atoms with E-state index in [-0.39, 0.29) is 34.0 Å². The number of pyridine rings is 1. The molecule has 0 aliphatic heterocycles. The Labute approximate surface area is 486 Å². The van der Waals surface area contributed by atoms with E-state index in [2.05, 4.69) is 11.3 Å². The number of nitrogens with zero attached hydrogens (tertiary/aromatic N) is 4. The third-order valence-electron chi connectivity index (χ3n) is 12.8. The average molecular weight is 987 g/mol. The van der Waals surface area contributed by atoms with E-state index in [1.165, 1.54) is 53.1 Å². The summed E-state index contributed by atoms with van der Waals surface area (Å²) in [6, 6.07) is 16.6. The number of fused-ring (bicyclic) bond motifs is 6. The van der Waals surface area contributed by atoms with Crippen LogP contribution >= 0.6 is 0 Å². The van der Waals surface area contributed by atoms with Crippen LogP contribution in [0.2, 0.25) is 0 Å². The van der Waals surface area contributed by atoms with Crippen molar-refractivity contribution >= 4 is 32.8 Å². The monoisotopic (exact) mass is 986 g/mol. The van der Waals surface area contributed by atoms with Crippen LogP contribution in [0.1, 0.15) is 179 Å². The molecular formula is C67H66N4O. The zero-order valence-corrected chi connectivity index (χ0v) is 37.7. The molecule has 360 valence electrons. The Morgan fingerprint density at radius 2 is 1.29 bits per heavy atom. The molecule has 0 spiro atoms. The number of rotatable bonds is 8. The van der Waals surface area contributed by atoms with Gasteiger partial charge in [-0.25, -0.2) is 4.98 Å². The summed E-state index contributed by atoms with van der Waals surface area (Å²) in [6.07, 6.45) is -18.9. The minimum atomic E-state index is -4.87. The summed E-state index contributed by atoms with van der Waals surface area (Å²) >= 11 is 0. The number of benzene rings is 7. The van der Waals surface area contributed by atoms with Crippen LogP contribution in [0, 0.1) is 20.0 Å². The van der Waals surface area contributed by atoms with Crippen molar-refractivity contribution in [2.45, 2.75) is 122 Å². The standard InChI is InChI=1S/C67H66N4O/c1-11-67(10)35-34-66(8,9)57-38-46(27-31-55(57)67)51-22-17-21-50(45-26-30-54-56(37-45)65(6,7)33-32-64(54,4)5)63(51)70-42-69(59-24-14-15-25-60(59)70)47-18-16-19-48(39-47)72-49-28-29-53-52-20-12-13-23-58(52)71(61(53)40-49)62-36-43(2)44(3)41-68-62/h12-31,36-41H,11,32-35H2,1-10H3/i2D3,3D3,4D3,5D3,6D3,7D3,8D3,9D3,10D3,11D2,26D,27D,30D,31D,32D2,33D2,34D2,35D2,37D,38D. The minimum Gasteiger partial charge on any atom is -0.458 e. The molecule has 1 atom stereocenters. The van der Waals surface area contributed by atoms with Gasteiger partial charge in [-0.15, -0.1) is 0 Å². The van der Waals surface area contributed by atoms with Gasteiger partial charge < -0.3 is 4.74 Å². The number of aryl methyl sites for hydroxylation is 2. The Hall–Kier alpha value is -7.24. The largest absolute Gasteiger partial charge is 0.458 e. The van der Waals surface area contributed by atoms with E-state index in [1.807, 2.05) is 0 Å². The smallest absolute Gasteiger partial charge is 0.269 e. The molecule has 10 aromatic rings. The van der Waals surface area contributed by atoms with E-state index in [0.29, 0.717) is 28.7 Å². The molecule has 72 heavy (non-hydrogen) atoms. The molecule has 0 N–H and O–H groups in total. The lowest BCUT2D eigenvalue weighted by Gasteiger charge is -2.43. The number of hydrogen-bond acceptors (Lipinski definition) is 2. The number of ether oxygens (including phenoxy) is 1. The molecule has 5 nitrogen and oxygen atoms in total. The Balaban J connectivity index is 1.24. The summed E-state index contributed by atoms with van der Waals surface area (Å²) in [5, 5.41) is 1.23. The van der Waals surface area contributed by atoms with Gasteiger partial charge in [0.15, 0.2) is 0 Å². The molecule has 0 radical (unpaired) electrons. The van der Waals surface area contributed by atoms with Crippen LogP contribution in [0.3, 0.4) is 0 Å². The molecule has 0 saturated heterocycles. The lowest BCUT2D eigenvalue weighted by Crippen LogP contribution is -2.35. The van der Waals surface area contributed by atoms with E-state index in [1.54, 1.807) is 47.0 Å². The number of imidazole rings is 1. The fraction of sp³-hybridized carbons (Fsp3) is 0.284. The highest BCUT2D eigenvalue weighted by atomic mass is 16.5. The summed E-state index contributed by atoms with van der Waals surface area (Å²) in [4.78, 5) is 4.43. The van der Waals surface area contributed by atoms with Crippen molar-refractivity contribution in [2.24, 2.45) is 0 Å². The molecule has 0 saturated carbocycles. The van der Waals surface area contributed by atoms with E-state index in [0.717, 1.165) is 35.0 Å². The SMILES string of the molecule is [2H]c1c([2H])c2c(c([2H])c1-c1cccc(-c3c([2H])c([2H])c4c(c3[2H])C(C([2H])([2H])[2H])(C([2H])([2H])[2H])C([2H])([2H])C([2H])([2H])C4(C([2H])([2H])[2H])C([2H])([2H])C)c1-[n+]1[c-]n(-c3cccc(Oc4ccc5c6ccccc6n(-c6cc(C([2H])([2H])[2H])c(C([2H])([2H])[2H])cn6)c5c4)c3)c3ccccc31)C(C([2H])([2H])[2H])(C([2H])([2H])[2H])C([2H])([2H])C([2H])([2H])C2(C([2H])([2H])[2H])C([2H])([2H])[2H]. The van der Waals surface area contributed by atoms with Crippen molar-refractivity contribution in [3.05, 3.63) is 197 Å². The van der Waals surface area contributed by atoms with Crippen LogP contribution in [0.15, 0.2) is 158 Å². The molecule has 5 heteroatoms. The molecule has 12 rings (SSSR count). The van der Waals surface area contributed by atoms with Crippen LogP contribution in [0.4, 0.5) is 0 Å². The summed E-state index contributed by atoms with van der Waals surface area (Å²) < 4.78 is 404. The van der Waals surface area contributed by atoms with Crippen LogP contribution < -0.4 is 9.30 Å². The van der Waals surface area contributed by atoms with Crippen LogP contribution in [0.5, 0.6) is 11.5 Å². The molecule has 1 unspecified atom stereocenters. The van der Waals surface area contributed by atoms with E-state index < -0.39 is 213 Å². The second-order valence-corrected chi connectivity index (χ2v) is 17.4. The first-order valence-corrected chi connectivity index (χ1v) is 22.2. The Morgan fingerprint density at radius 1 is 0.639 bits per heavy atom. The van der Waals surface area contributed by atoms with Crippen molar-refractivity contribution in [3.8, 4) is 50.9 Å². The number of aromatic nitrogens is 4. The van der Waals surface area contributed by atoms with Gasteiger partial charge >= 0.3 is 0 Å². The normalized spacial score (nSPS) is 31.2. The van der Waals surface area contributed by atoms with Crippen molar-refractivity contribution in [3.63, 3.8) is 0 Å². The average Bonchev–Trinajstić information content (AvgIpc) is 0.743. The number of para-hydroxylation sites is 4. The summed E-state index contributed by atoms with van der Waals surface area (Å²) in [5.74, 6) is 0.114. The van der Waals surface area contributed by atoms with E-state index >= 15 is 0 Å². The van der Waals surface area contributed by atoms with Gasteiger partial charge in [0.2, 0.25) is 0 Å². The zero-order valence-electron chi connectivity index (χ0n) is 80.7. The van der Waals surface area contributed by atoms with Gasteiger partial charge in [-0.3, -0.25) is 13.7 Å². The second kappa shape index (κ2) is 16.7. The zero-order chi connectivity index (χ0) is 86.6. The highest BCUT2D eigenvalue weighted by molar-refractivity contribution is 6.09. The Morgan fingerprint density at radius 3 is 2.03 bits per heavy atom. The van der Waals surface area contributed by atoms with Crippen molar-refractivity contribution in [1.29, 1.82) is 0 Å². The quantitative estimate of drug-likeness (QED) is 0.112. The third kappa shape index (κ3) is 7.41. The molecular weight excluding hydrogens is 877 g/mol. The lowest BCUT2D eigenvalue weighted by atomic mass is 9.61. The number of hydrogen-bond donors (Lipinski definition) is 0. The fourth-order valence-corrected chi connectivity index (χ4v) is 9.27. The summed E-state index contributed by atoms with van der Waals surface area (Å²) in [6.45, 7) is -37.1. The van der Waals surface area contributed by atoms with Gasteiger partial charge in [-0.1, -0.05) is 158 Å². The highest BCUT2D eigenvalue weighted by Crippen LogP contribution is 2.50. The first-order chi connectivity index (χ1) is 52.0. The maximum atomic E-state index is 10.4. The third-order valence-corrected chi connectivity index (χ3v) is 12.8. The first kappa shape index (κ1) is 18.7. The van der Waals surface area contributed by atoms with Gasteiger partial charge in [0, 0.05) is 73.8 Å². The molecule has 2 aliphatic carbocycles. The Kier molecular flexibility index (Phi) is 4.32. The molecule has 2 aliphatic rings. The summed E-state index contributed by atoms with van der Waals surface area (Å²) in [5.41, 5.74) is -31.4. The second-order valence-electron chi connectivity index (χ2n) is 17.4. The predicted molar refractivity (Wildman–Crippen MR) is 298 cm³/mol. The van der Waals surface area contributed by atoms with Crippen molar-refractivity contribution in [2.75, 3.05) is 0 Å². The van der Waals surface area contributed by atoms with Gasteiger partial charge in [0.05, 0.1) is 41.7 Å². The van der Waals surface area contributed by atoms with Gasteiger partial charge in [0.1, 0.15) is 17.3 Å².